The Bertz CT molecular complexity index is 1140. The van der Waals surface area contributed by atoms with Crippen LogP contribution in [0.5, 0.6) is 0 Å². The van der Waals surface area contributed by atoms with Crippen LogP contribution in [0, 0.1) is 68.5 Å². The zero-order chi connectivity index (χ0) is 41.3. The second kappa shape index (κ2) is 17.3. The molecule has 0 aromatic rings. The van der Waals surface area contributed by atoms with E-state index in [1.165, 1.54) is 69.2 Å². The molecule has 0 aromatic heterocycles. The summed E-state index contributed by atoms with van der Waals surface area (Å²) >= 11 is 0. The van der Waals surface area contributed by atoms with Gasteiger partial charge in [-0.25, -0.2) is 0 Å². The molecule has 3 saturated carbocycles. The van der Waals surface area contributed by atoms with Crippen LogP contribution in [0.15, 0.2) is 22.5 Å². The molecule has 312 valence electrons. The number of rotatable bonds is 3. The van der Waals surface area contributed by atoms with E-state index < -0.39 is 0 Å². The molecular weight excluding hydrogens is 641 g/mol. The Morgan fingerprint density at radius 2 is 0.811 bits per heavy atom. The second-order valence-corrected chi connectivity index (χ2v) is 26.2. The molecule has 6 atom stereocenters. The van der Waals surface area contributed by atoms with Crippen molar-refractivity contribution < 1.29 is 0 Å². The molecular formula is C51H98N2. The lowest BCUT2D eigenvalue weighted by atomic mass is 9.65. The summed E-state index contributed by atoms with van der Waals surface area (Å²) in [5.41, 5.74) is 8.98. The average Bonchev–Trinajstić information content (AvgIpc) is 3.63. The first kappa shape index (κ1) is 48.2. The van der Waals surface area contributed by atoms with Gasteiger partial charge in [0.25, 0.3) is 0 Å². The van der Waals surface area contributed by atoms with Gasteiger partial charge in [-0.15, -0.1) is 0 Å². The van der Waals surface area contributed by atoms with E-state index in [4.69, 9.17) is 0 Å². The van der Waals surface area contributed by atoms with Crippen LogP contribution >= 0.6 is 0 Å². The Balaban J connectivity index is 0.000000245. The zero-order valence-electron chi connectivity index (χ0n) is 40.6. The first-order valence-corrected chi connectivity index (χ1v) is 22.5. The van der Waals surface area contributed by atoms with Crippen molar-refractivity contribution in [3.63, 3.8) is 0 Å². The van der Waals surface area contributed by atoms with Gasteiger partial charge in [-0.05, 0) is 174 Å². The van der Waals surface area contributed by atoms with Gasteiger partial charge in [0, 0.05) is 22.5 Å². The number of fused-ring (bicyclic) bond motifs is 2. The summed E-state index contributed by atoms with van der Waals surface area (Å²) in [6.45, 7) is 53.6. The van der Waals surface area contributed by atoms with E-state index in [9.17, 15) is 0 Å². The molecule has 5 aliphatic rings. The van der Waals surface area contributed by atoms with E-state index in [-0.39, 0.29) is 11.1 Å². The summed E-state index contributed by atoms with van der Waals surface area (Å²) in [7, 11) is 0. The summed E-state index contributed by atoms with van der Waals surface area (Å²) in [5.74, 6) is 7.04. The molecule has 5 unspecified atom stereocenters. The van der Waals surface area contributed by atoms with Gasteiger partial charge in [-0.1, -0.05) is 129 Å². The smallest absolute Gasteiger partial charge is 0.0307 e. The third kappa shape index (κ3) is 15.2. The quantitative estimate of drug-likeness (QED) is 0.282. The molecule has 0 saturated heterocycles. The number of hydrogen-bond donors (Lipinski definition) is 2. The Hall–Kier alpha value is -0.920. The Labute approximate surface area is 335 Å². The van der Waals surface area contributed by atoms with Crippen LogP contribution in [0.25, 0.3) is 0 Å². The summed E-state index contributed by atoms with van der Waals surface area (Å²) in [6.07, 6.45) is 14.0. The maximum absolute atomic E-state index is 3.55. The summed E-state index contributed by atoms with van der Waals surface area (Å²) in [6, 6.07) is 0. The summed E-state index contributed by atoms with van der Waals surface area (Å²) in [4.78, 5) is 0. The fourth-order valence-corrected chi connectivity index (χ4v) is 10.3. The highest BCUT2D eigenvalue weighted by molar-refractivity contribution is 5.33. The van der Waals surface area contributed by atoms with E-state index in [1.54, 1.807) is 17.6 Å². The van der Waals surface area contributed by atoms with Crippen LogP contribution in [0.2, 0.25) is 0 Å². The lowest BCUT2D eigenvalue weighted by molar-refractivity contribution is 0.119. The van der Waals surface area contributed by atoms with Gasteiger partial charge in [0.15, 0.2) is 0 Å². The molecule has 0 amide bonds. The number of hydrogen-bond acceptors (Lipinski definition) is 2. The van der Waals surface area contributed by atoms with Gasteiger partial charge >= 0.3 is 0 Å². The van der Waals surface area contributed by atoms with Crippen molar-refractivity contribution in [3.05, 3.63) is 22.5 Å². The van der Waals surface area contributed by atoms with Crippen LogP contribution in [-0.2, 0) is 0 Å². The molecule has 2 heteroatoms. The lowest BCUT2D eigenvalue weighted by Gasteiger charge is -2.40. The lowest BCUT2D eigenvalue weighted by Crippen LogP contribution is -2.44. The minimum absolute atomic E-state index is 0.181. The van der Waals surface area contributed by atoms with Crippen molar-refractivity contribution in [2.45, 2.75) is 235 Å². The van der Waals surface area contributed by atoms with Crippen LogP contribution in [-0.4, -0.2) is 11.1 Å². The maximum Gasteiger partial charge on any atom is 0.0307 e. The summed E-state index contributed by atoms with van der Waals surface area (Å²) in [5, 5.41) is 7.09. The normalized spacial score (nSPS) is 27.9. The van der Waals surface area contributed by atoms with E-state index in [1.807, 2.05) is 0 Å². The molecule has 0 spiro atoms. The second-order valence-electron chi connectivity index (χ2n) is 26.2. The van der Waals surface area contributed by atoms with E-state index >= 15 is 0 Å². The fraction of sp³-hybridized carbons (Fsp3) is 0.922. The van der Waals surface area contributed by atoms with Gasteiger partial charge in [0.2, 0.25) is 0 Å². The van der Waals surface area contributed by atoms with Crippen molar-refractivity contribution in [2.24, 2.45) is 68.5 Å². The molecule has 2 N–H and O–H groups in total. The molecule has 3 fully saturated rings. The average molecular weight is 739 g/mol. The van der Waals surface area contributed by atoms with E-state index in [2.05, 4.69) is 170 Å². The molecule has 53 heavy (non-hydrogen) atoms. The highest BCUT2D eigenvalue weighted by Gasteiger charge is 2.49. The maximum atomic E-state index is 3.55. The third-order valence-corrected chi connectivity index (χ3v) is 13.6. The van der Waals surface area contributed by atoms with Crippen molar-refractivity contribution >= 4 is 0 Å². The highest BCUT2D eigenvalue weighted by atomic mass is 15.0. The van der Waals surface area contributed by atoms with Crippen molar-refractivity contribution in [1.82, 2.24) is 10.6 Å². The predicted molar refractivity (Wildman–Crippen MR) is 239 cm³/mol. The monoisotopic (exact) mass is 739 g/mol. The van der Waals surface area contributed by atoms with Gasteiger partial charge in [-0.3, -0.25) is 0 Å². The minimum atomic E-state index is 0.181. The number of nitrogens with one attached hydrogen (secondary N) is 2. The first-order chi connectivity index (χ1) is 23.5. The van der Waals surface area contributed by atoms with Gasteiger partial charge in [-0.2, -0.15) is 0 Å². The predicted octanol–water partition coefficient (Wildman–Crippen LogP) is 15.8. The standard InChI is InChI=1S/C14H26.C13H26.C12H24N2.C12H22/c1-9(2)12-7-11-6-10(12)8-13(11)14(3,4)5;1-12(2,3)10-7-8-11(9-10)13(4,5)6;1-11(2,3)13-9-7-8-10(9)14-12(4,5)6;1-11(2,3)9-7-8-10(9)12(4,5)6/h9-13H,6-8H2,1-5H3;10-11H,7-9H2,1-6H3;13-14H,7-8H2,1-6H3;7-8H2,1-6H3/t10-,11?,12?,13?;;;/m1.../s1. The van der Waals surface area contributed by atoms with Crippen LogP contribution in [0.4, 0.5) is 0 Å². The van der Waals surface area contributed by atoms with E-state index in [0.29, 0.717) is 27.1 Å². The largest absolute Gasteiger partial charge is 0.382 e. The Morgan fingerprint density at radius 1 is 0.434 bits per heavy atom. The van der Waals surface area contributed by atoms with Crippen molar-refractivity contribution in [2.75, 3.05) is 0 Å². The molecule has 2 nitrogen and oxygen atoms in total. The van der Waals surface area contributed by atoms with Crippen LogP contribution < -0.4 is 10.6 Å². The molecule has 5 aliphatic carbocycles. The molecule has 0 aliphatic heterocycles. The highest BCUT2D eigenvalue weighted by Crippen LogP contribution is 2.58. The van der Waals surface area contributed by atoms with Crippen molar-refractivity contribution in [3.8, 4) is 0 Å². The van der Waals surface area contributed by atoms with Gasteiger partial charge < -0.3 is 10.6 Å². The van der Waals surface area contributed by atoms with Gasteiger partial charge in [0.1, 0.15) is 0 Å². The van der Waals surface area contributed by atoms with Gasteiger partial charge in [0.05, 0.1) is 0 Å². The minimum Gasteiger partial charge on any atom is -0.382 e. The number of allylic oxidation sites excluding steroid dienone is 4. The SMILES string of the molecule is CC(C)(C)C1=C(C(C)(C)C)CC1.CC(C)(C)C1CCC(C(C)(C)C)C1.CC(C)(C)NC1=C(NC(C)(C)C)CC1.CC(C)C1CC2C[C@@H]1CC2C(C)(C)C. The van der Waals surface area contributed by atoms with Crippen LogP contribution in [0.1, 0.15) is 223 Å². The van der Waals surface area contributed by atoms with Crippen LogP contribution in [0.3, 0.4) is 0 Å². The Morgan fingerprint density at radius 3 is 1.00 bits per heavy atom. The Kier molecular flexibility index (Phi) is 15.7. The van der Waals surface area contributed by atoms with Crippen molar-refractivity contribution in [1.29, 1.82) is 0 Å². The fourth-order valence-electron chi connectivity index (χ4n) is 10.3. The topological polar surface area (TPSA) is 24.1 Å². The summed E-state index contributed by atoms with van der Waals surface area (Å²) < 4.78 is 0. The zero-order valence-corrected chi connectivity index (χ0v) is 40.6. The molecule has 0 aromatic carbocycles. The molecule has 2 bridgehead atoms. The first-order valence-electron chi connectivity index (χ1n) is 22.5. The third-order valence-electron chi connectivity index (χ3n) is 13.6. The molecule has 0 heterocycles. The van der Waals surface area contributed by atoms with E-state index in [0.717, 1.165) is 41.4 Å². The molecule has 0 radical (unpaired) electrons. The molecule has 5 rings (SSSR count).